The average molecular weight is 757 g/mol. The minimum Gasteiger partial charge on any atom is -0.495 e. The van der Waals surface area contributed by atoms with E-state index in [9.17, 15) is 0 Å². The molecule has 3 saturated heterocycles. The molecule has 2 aromatic carbocycles. The summed E-state index contributed by atoms with van der Waals surface area (Å²) in [4.78, 5) is 24.0. The first-order valence-corrected chi connectivity index (χ1v) is 19.9. The lowest BCUT2D eigenvalue weighted by molar-refractivity contribution is 0.0319. The number of benzene rings is 2. The van der Waals surface area contributed by atoms with Crippen molar-refractivity contribution in [3.8, 4) is 35.2 Å². The molecule has 1 atom stereocenters. The van der Waals surface area contributed by atoms with Gasteiger partial charge in [0.2, 0.25) is 5.95 Å². The molecule has 4 aromatic rings. The highest BCUT2D eigenvalue weighted by molar-refractivity contribution is 5.88. The summed E-state index contributed by atoms with van der Waals surface area (Å²) in [7, 11) is 9.42. The highest BCUT2D eigenvalue weighted by Gasteiger charge is 2.31. The van der Waals surface area contributed by atoms with E-state index in [0.717, 1.165) is 128 Å². The number of fused-ring (bicyclic) bond motifs is 1. The van der Waals surface area contributed by atoms with Gasteiger partial charge in [0, 0.05) is 76.2 Å². The number of aryl methyl sites for hydroxylation is 1. The zero-order valence-electron chi connectivity index (χ0n) is 33.8. The monoisotopic (exact) mass is 756 g/mol. The number of methoxy groups -OCH3 is 2. The van der Waals surface area contributed by atoms with Gasteiger partial charge in [-0.15, -0.1) is 0 Å². The molecule has 3 aliphatic rings. The van der Waals surface area contributed by atoms with Crippen molar-refractivity contribution in [3.05, 3.63) is 64.8 Å². The van der Waals surface area contributed by atoms with Gasteiger partial charge in [-0.05, 0) is 101 Å². The minimum absolute atomic E-state index is 0.0203. The number of piperazine rings is 1. The Labute approximate surface area is 332 Å². The van der Waals surface area contributed by atoms with E-state index in [-0.39, 0.29) is 6.17 Å². The summed E-state index contributed by atoms with van der Waals surface area (Å²) in [6.07, 6.45) is 4.53. The lowest BCUT2D eigenvalue weighted by Gasteiger charge is -2.43. The Morgan fingerprint density at radius 3 is 2.18 bits per heavy atom. The van der Waals surface area contributed by atoms with E-state index < -0.39 is 0 Å². The first-order chi connectivity index (χ1) is 27.3. The molecule has 12 nitrogen and oxygen atoms in total. The molecule has 2 aromatic heterocycles. The largest absolute Gasteiger partial charge is 0.495 e. The highest BCUT2D eigenvalue weighted by atomic mass is 16.5. The van der Waals surface area contributed by atoms with E-state index in [1.165, 1.54) is 18.4 Å². The van der Waals surface area contributed by atoms with Gasteiger partial charge < -0.3 is 30.3 Å². The predicted molar refractivity (Wildman–Crippen MR) is 226 cm³/mol. The Morgan fingerprint density at radius 2 is 1.46 bits per heavy atom. The first kappa shape index (κ1) is 39.1. The maximum absolute atomic E-state index is 5.92. The number of ether oxygens (including phenoxy) is 2. The smallest absolute Gasteiger partial charge is 0.229 e. The maximum Gasteiger partial charge on any atom is 0.229 e. The molecule has 294 valence electrons. The molecule has 56 heavy (non-hydrogen) atoms. The van der Waals surface area contributed by atoms with Gasteiger partial charge in [-0.3, -0.25) is 14.7 Å². The Hall–Kier alpha value is -5.11. The lowest BCUT2D eigenvalue weighted by Crippen LogP contribution is -2.56. The van der Waals surface area contributed by atoms with Crippen molar-refractivity contribution in [2.75, 3.05) is 110 Å². The Morgan fingerprint density at radius 1 is 0.768 bits per heavy atom. The molecule has 12 heteroatoms. The SMILES string of the molecule is CNc1cc(C)nc(Nc2ccc(OC)c(C#CC(N3CCC(c4cc(NC)nc5cc(C#CCN6CCCC6)c(OC)cc45)CC3)N3CCN(C)CC3)c2)n1. The predicted octanol–water partition coefficient (Wildman–Crippen LogP) is 5.43. The lowest BCUT2D eigenvalue weighted by atomic mass is 9.86. The fraction of sp³-hybridized carbons (Fsp3) is 0.477. The fourth-order valence-corrected chi connectivity index (χ4v) is 8.04. The summed E-state index contributed by atoms with van der Waals surface area (Å²) < 4.78 is 11.7. The molecule has 3 N–H and O–H groups in total. The van der Waals surface area contributed by atoms with Crippen molar-refractivity contribution >= 4 is 34.2 Å². The van der Waals surface area contributed by atoms with Gasteiger partial charge in [-0.1, -0.05) is 23.7 Å². The van der Waals surface area contributed by atoms with Crippen LogP contribution in [0.15, 0.2) is 42.5 Å². The van der Waals surface area contributed by atoms with Gasteiger partial charge in [0.05, 0.1) is 37.4 Å². The Kier molecular flexibility index (Phi) is 12.7. The number of nitrogens with zero attached hydrogens (tertiary/aromatic N) is 7. The molecule has 3 aliphatic heterocycles. The highest BCUT2D eigenvalue weighted by Crippen LogP contribution is 2.37. The molecular formula is C44H56N10O2. The molecule has 1 unspecified atom stereocenters. The molecule has 0 radical (unpaired) electrons. The van der Waals surface area contributed by atoms with Crippen LogP contribution >= 0.6 is 0 Å². The maximum atomic E-state index is 5.92. The van der Waals surface area contributed by atoms with E-state index in [1.807, 2.05) is 45.3 Å². The summed E-state index contributed by atoms with van der Waals surface area (Å²) >= 11 is 0. The van der Waals surface area contributed by atoms with Gasteiger partial charge in [-0.2, -0.15) is 4.98 Å². The second kappa shape index (κ2) is 18.2. The number of aromatic nitrogens is 3. The van der Waals surface area contributed by atoms with Crippen LogP contribution in [0.5, 0.6) is 11.5 Å². The molecule has 0 saturated carbocycles. The number of hydrogen-bond donors (Lipinski definition) is 3. The Balaban J connectivity index is 1.13. The molecule has 5 heterocycles. The van der Waals surface area contributed by atoms with Crippen molar-refractivity contribution in [2.45, 2.75) is 44.7 Å². The van der Waals surface area contributed by atoms with E-state index >= 15 is 0 Å². The van der Waals surface area contributed by atoms with Gasteiger partial charge in [-0.25, -0.2) is 9.97 Å². The van der Waals surface area contributed by atoms with Crippen LogP contribution in [0.3, 0.4) is 0 Å². The Bertz CT molecular complexity index is 2110. The summed E-state index contributed by atoms with van der Waals surface area (Å²) in [5.74, 6) is 18.1. The second-order valence-electron chi connectivity index (χ2n) is 15.0. The van der Waals surface area contributed by atoms with E-state index in [4.69, 9.17) is 14.5 Å². The molecule has 0 amide bonds. The van der Waals surface area contributed by atoms with Crippen LogP contribution in [0, 0.1) is 30.6 Å². The number of likely N-dealkylation sites (N-methyl/N-ethyl adjacent to an activating group) is 1. The normalized spacial score (nSPS) is 17.8. The van der Waals surface area contributed by atoms with Crippen molar-refractivity contribution in [2.24, 2.45) is 0 Å². The third-order valence-corrected chi connectivity index (χ3v) is 11.2. The van der Waals surface area contributed by atoms with E-state index in [1.54, 1.807) is 14.2 Å². The topological polar surface area (TPSA) is 106 Å². The van der Waals surface area contributed by atoms with Crippen LogP contribution < -0.4 is 25.4 Å². The molecule has 7 rings (SSSR count). The number of anilines is 4. The third kappa shape index (κ3) is 9.29. The number of pyridine rings is 1. The van der Waals surface area contributed by atoms with Crippen molar-refractivity contribution < 1.29 is 9.47 Å². The number of rotatable bonds is 10. The number of piperidine rings is 1. The van der Waals surface area contributed by atoms with Gasteiger partial charge in [0.1, 0.15) is 29.3 Å². The fourth-order valence-electron chi connectivity index (χ4n) is 8.04. The average Bonchev–Trinajstić information content (AvgIpc) is 3.74. The number of likely N-dealkylation sites (tertiary alicyclic amines) is 2. The zero-order valence-corrected chi connectivity index (χ0v) is 33.8. The van der Waals surface area contributed by atoms with Gasteiger partial charge in [0.15, 0.2) is 0 Å². The number of hydrogen-bond acceptors (Lipinski definition) is 12. The quantitative estimate of drug-likeness (QED) is 0.180. The zero-order chi connectivity index (χ0) is 39.0. The van der Waals surface area contributed by atoms with Gasteiger partial charge in [0.25, 0.3) is 0 Å². The molecule has 0 bridgehead atoms. The summed E-state index contributed by atoms with van der Waals surface area (Å²) in [5, 5.41) is 10.9. The third-order valence-electron chi connectivity index (χ3n) is 11.2. The molecule has 0 aliphatic carbocycles. The summed E-state index contributed by atoms with van der Waals surface area (Å²) in [5.41, 5.74) is 5.70. The molecule has 3 fully saturated rings. The summed E-state index contributed by atoms with van der Waals surface area (Å²) in [6, 6.07) is 14.4. The number of nitrogens with one attached hydrogen (secondary N) is 3. The van der Waals surface area contributed by atoms with Gasteiger partial charge >= 0.3 is 0 Å². The van der Waals surface area contributed by atoms with Crippen LogP contribution in [-0.4, -0.2) is 135 Å². The standard InChI is InChI=1S/C44H56N10O2/c1-31-26-41(45-2)50-44(47-31)48-35-12-13-39(55-5)34(27-35)11-14-43(54-24-22-51(4)23-25-54)53-20-15-32(16-21-53)36-30-42(46-3)49-38-28-33(40(56-6)29-37(36)38)10-9-19-52-17-7-8-18-52/h12-13,26-30,32,43H,7-8,15-25H2,1-6H3,(H,46,49)(H2,45,47,48,50). The molecule has 0 spiro atoms. The second-order valence-corrected chi connectivity index (χ2v) is 15.0. The van der Waals surface area contributed by atoms with Crippen molar-refractivity contribution in [1.29, 1.82) is 0 Å². The van der Waals surface area contributed by atoms with Crippen LogP contribution in [0.4, 0.5) is 23.3 Å². The minimum atomic E-state index is -0.0203. The summed E-state index contributed by atoms with van der Waals surface area (Å²) in [6.45, 7) is 10.8. The molecular weight excluding hydrogens is 701 g/mol. The first-order valence-electron chi connectivity index (χ1n) is 19.9. The van der Waals surface area contributed by atoms with Crippen LogP contribution in [0.1, 0.15) is 54.0 Å². The van der Waals surface area contributed by atoms with Crippen LogP contribution in [0.2, 0.25) is 0 Å². The van der Waals surface area contributed by atoms with Crippen molar-refractivity contribution in [1.82, 2.24) is 34.6 Å². The van der Waals surface area contributed by atoms with Crippen molar-refractivity contribution in [3.63, 3.8) is 0 Å². The van der Waals surface area contributed by atoms with Crippen LogP contribution in [0.25, 0.3) is 10.9 Å². The van der Waals surface area contributed by atoms with E-state index in [2.05, 4.69) is 94.4 Å². The van der Waals surface area contributed by atoms with E-state index in [0.29, 0.717) is 11.9 Å². The van der Waals surface area contributed by atoms with Crippen LogP contribution in [-0.2, 0) is 0 Å².